The van der Waals surface area contributed by atoms with Crippen LogP contribution in [0.2, 0.25) is 5.02 Å². The normalized spacial score (nSPS) is 11.0. The van der Waals surface area contributed by atoms with Gasteiger partial charge in [-0.25, -0.2) is 4.98 Å². The van der Waals surface area contributed by atoms with Crippen LogP contribution in [0.25, 0.3) is 0 Å². The summed E-state index contributed by atoms with van der Waals surface area (Å²) in [5.41, 5.74) is 2.32. The van der Waals surface area contributed by atoms with E-state index < -0.39 is 0 Å². The first-order valence-corrected chi connectivity index (χ1v) is 8.53. The molecule has 0 aliphatic carbocycles. The SMILES string of the molecule is Cc1nc(NCCCOC(C)C)[nH]c(=O)c1Cc1ccc(Cl)cc1. The van der Waals surface area contributed by atoms with Gasteiger partial charge in [0.25, 0.3) is 5.56 Å². The zero-order valence-corrected chi connectivity index (χ0v) is 15.1. The van der Waals surface area contributed by atoms with Crippen LogP contribution in [-0.2, 0) is 11.2 Å². The Morgan fingerprint density at radius 2 is 2.00 bits per heavy atom. The van der Waals surface area contributed by atoms with Crippen molar-refractivity contribution in [2.45, 2.75) is 39.7 Å². The Morgan fingerprint density at radius 3 is 2.62 bits per heavy atom. The molecule has 0 amide bonds. The Bertz CT molecular complexity index is 711. The number of benzene rings is 1. The Balaban J connectivity index is 1.97. The van der Waals surface area contributed by atoms with E-state index in [0.717, 1.165) is 17.7 Å². The molecular formula is C18H24ClN3O2. The number of rotatable bonds is 8. The molecule has 1 aromatic heterocycles. The van der Waals surface area contributed by atoms with E-state index in [1.165, 1.54) is 0 Å². The van der Waals surface area contributed by atoms with Crippen molar-refractivity contribution in [3.63, 3.8) is 0 Å². The number of nitrogens with zero attached hydrogens (tertiary/aromatic N) is 1. The van der Waals surface area contributed by atoms with Crippen LogP contribution < -0.4 is 10.9 Å². The quantitative estimate of drug-likeness (QED) is 0.715. The van der Waals surface area contributed by atoms with Gasteiger partial charge in [-0.1, -0.05) is 23.7 Å². The fourth-order valence-corrected chi connectivity index (χ4v) is 2.43. The van der Waals surface area contributed by atoms with Gasteiger partial charge in [-0.3, -0.25) is 9.78 Å². The molecule has 0 radical (unpaired) electrons. The highest BCUT2D eigenvalue weighted by Crippen LogP contribution is 2.13. The molecule has 1 heterocycles. The monoisotopic (exact) mass is 349 g/mol. The van der Waals surface area contributed by atoms with Crippen molar-refractivity contribution in [1.29, 1.82) is 0 Å². The van der Waals surface area contributed by atoms with E-state index in [9.17, 15) is 4.79 Å². The van der Waals surface area contributed by atoms with Crippen LogP contribution in [0.3, 0.4) is 0 Å². The number of anilines is 1. The number of hydrogen-bond donors (Lipinski definition) is 2. The lowest BCUT2D eigenvalue weighted by Crippen LogP contribution is -2.20. The third-order valence-electron chi connectivity index (χ3n) is 3.58. The van der Waals surface area contributed by atoms with Crippen LogP contribution in [0.4, 0.5) is 5.95 Å². The van der Waals surface area contributed by atoms with Gasteiger partial charge in [-0.05, 0) is 44.9 Å². The summed E-state index contributed by atoms with van der Waals surface area (Å²) in [5, 5.41) is 3.82. The summed E-state index contributed by atoms with van der Waals surface area (Å²) in [6, 6.07) is 7.48. The van der Waals surface area contributed by atoms with Gasteiger partial charge in [0.05, 0.1) is 11.8 Å². The summed E-state index contributed by atoms with van der Waals surface area (Å²) < 4.78 is 5.48. The Hall–Kier alpha value is -1.85. The third kappa shape index (κ3) is 5.65. The first kappa shape index (κ1) is 18.5. The van der Waals surface area contributed by atoms with Crippen LogP contribution >= 0.6 is 11.6 Å². The summed E-state index contributed by atoms with van der Waals surface area (Å²) in [7, 11) is 0. The van der Waals surface area contributed by atoms with E-state index in [1.807, 2.05) is 45.0 Å². The molecule has 0 saturated carbocycles. The van der Waals surface area contributed by atoms with Gasteiger partial charge in [0.15, 0.2) is 0 Å². The summed E-state index contributed by atoms with van der Waals surface area (Å²) in [5.74, 6) is 0.502. The van der Waals surface area contributed by atoms with E-state index in [-0.39, 0.29) is 11.7 Å². The fraction of sp³-hybridized carbons (Fsp3) is 0.444. The molecule has 0 aliphatic rings. The lowest BCUT2D eigenvalue weighted by molar-refractivity contribution is 0.0787. The largest absolute Gasteiger partial charge is 0.379 e. The number of hydrogen-bond acceptors (Lipinski definition) is 4. The van der Waals surface area contributed by atoms with Crippen molar-refractivity contribution in [3.8, 4) is 0 Å². The molecule has 0 spiro atoms. The number of nitrogens with one attached hydrogen (secondary N) is 2. The summed E-state index contributed by atoms with van der Waals surface area (Å²) in [6.07, 6.45) is 1.62. The zero-order chi connectivity index (χ0) is 17.5. The van der Waals surface area contributed by atoms with Gasteiger partial charge in [-0.2, -0.15) is 0 Å². The first-order valence-electron chi connectivity index (χ1n) is 8.15. The number of halogens is 1. The molecule has 0 fully saturated rings. The van der Waals surface area contributed by atoms with Gasteiger partial charge in [0, 0.05) is 30.2 Å². The van der Waals surface area contributed by atoms with Crippen molar-refractivity contribution in [3.05, 3.63) is 56.5 Å². The molecule has 6 heteroatoms. The number of aryl methyl sites for hydroxylation is 1. The van der Waals surface area contributed by atoms with Crippen LogP contribution in [0.15, 0.2) is 29.1 Å². The minimum absolute atomic E-state index is 0.113. The minimum atomic E-state index is -0.113. The van der Waals surface area contributed by atoms with E-state index in [1.54, 1.807) is 0 Å². The van der Waals surface area contributed by atoms with Crippen LogP contribution in [0.5, 0.6) is 0 Å². The van der Waals surface area contributed by atoms with Crippen LogP contribution in [0, 0.1) is 6.92 Å². The molecule has 0 atom stereocenters. The smallest absolute Gasteiger partial charge is 0.256 e. The molecule has 0 saturated heterocycles. The maximum Gasteiger partial charge on any atom is 0.256 e. The standard InChI is InChI=1S/C18H24ClN3O2/c1-12(2)24-10-4-9-20-18-21-13(3)16(17(23)22-18)11-14-5-7-15(19)8-6-14/h5-8,12H,4,9-11H2,1-3H3,(H2,20,21,22,23). The maximum atomic E-state index is 12.3. The highest BCUT2D eigenvalue weighted by atomic mass is 35.5. The fourth-order valence-electron chi connectivity index (χ4n) is 2.31. The molecule has 1 aromatic carbocycles. The van der Waals surface area contributed by atoms with Crippen molar-refractivity contribution in [1.82, 2.24) is 9.97 Å². The van der Waals surface area contributed by atoms with Gasteiger partial charge in [0.2, 0.25) is 5.95 Å². The highest BCUT2D eigenvalue weighted by Gasteiger charge is 2.09. The van der Waals surface area contributed by atoms with Gasteiger partial charge < -0.3 is 10.1 Å². The van der Waals surface area contributed by atoms with E-state index in [0.29, 0.717) is 36.1 Å². The summed E-state index contributed by atoms with van der Waals surface area (Å²) in [6.45, 7) is 7.26. The zero-order valence-electron chi connectivity index (χ0n) is 14.4. The second kappa shape index (κ2) is 8.85. The van der Waals surface area contributed by atoms with Gasteiger partial charge >= 0.3 is 0 Å². The molecule has 2 N–H and O–H groups in total. The van der Waals surface area contributed by atoms with E-state index >= 15 is 0 Å². The maximum absolute atomic E-state index is 12.3. The lowest BCUT2D eigenvalue weighted by Gasteiger charge is -2.10. The average Bonchev–Trinajstić information content (AvgIpc) is 2.52. The topological polar surface area (TPSA) is 67.0 Å². The number of aromatic nitrogens is 2. The Kier molecular flexibility index (Phi) is 6.82. The van der Waals surface area contributed by atoms with Crippen LogP contribution in [-0.4, -0.2) is 29.2 Å². The third-order valence-corrected chi connectivity index (χ3v) is 3.83. The van der Waals surface area contributed by atoms with Crippen molar-refractivity contribution >= 4 is 17.5 Å². The van der Waals surface area contributed by atoms with Crippen molar-refractivity contribution in [2.24, 2.45) is 0 Å². The second-order valence-corrected chi connectivity index (χ2v) is 6.42. The number of ether oxygens (including phenoxy) is 1. The average molecular weight is 350 g/mol. The number of H-pyrrole nitrogens is 1. The minimum Gasteiger partial charge on any atom is -0.379 e. The predicted octanol–water partition coefficient (Wildman–Crippen LogP) is 3.55. The molecule has 0 aliphatic heterocycles. The predicted molar refractivity (Wildman–Crippen MR) is 98.0 cm³/mol. The Labute approximate surface area is 147 Å². The van der Waals surface area contributed by atoms with Crippen molar-refractivity contribution in [2.75, 3.05) is 18.5 Å². The Morgan fingerprint density at radius 1 is 1.29 bits per heavy atom. The van der Waals surface area contributed by atoms with E-state index in [2.05, 4.69) is 15.3 Å². The summed E-state index contributed by atoms with van der Waals surface area (Å²) in [4.78, 5) is 19.6. The van der Waals surface area contributed by atoms with Crippen molar-refractivity contribution < 1.29 is 4.74 Å². The van der Waals surface area contributed by atoms with Crippen LogP contribution in [0.1, 0.15) is 37.1 Å². The highest BCUT2D eigenvalue weighted by molar-refractivity contribution is 6.30. The second-order valence-electron chi connectivity index (χ2n) is 5.98. The molecule has 24 heavy (non-hydrogen) atoms. The van der Waals surface area contributed by atoms with Gasteiger partial charge in [0.1, 0.15) is 0 Å². The molecule has 5 nitrogen and oxygen atoms in total. The van der Waals surface area contributed by atoms with Gasteiger partial charge in [-0.15, -0.1) is 0 Å². The molecule has 2 aromatic rings. The molecule has 0 unspecified atom stereocenters. The molecule has 130 valence electrons. The van der Waals surface area contributed by atoms with E-state index in [4.69, 9.17) is 16.3 Å². The number of aromatic amines is 1. The lowest BCUT2D eigenvalue weighted by atomic mass is 10.1. The molecular weight excluding hydrogens is 326 g/mol. The summed E-state index contributed by atoms with van der Waals surface area (Å²) >= 11 is 5.89. The molecule has 0 bridgehead atoms. The molecule has 2 rings (SSSR count). The first-order chi connectivity index (χ1) is 11.5.